The van der Waals surface area contributed by atoms with Crippen LogP contribution in [0.25, 0.3) is 0 Å². The number of cyclic esters (lactones) is 1. The second-order valence-corrected chi connectivity index (χ2v) is 9.83. The molecule has 1 rings (SSSR count). The molecular formula is C28H46O5. The van der Waals surface area contributed by atoms with Gasteiger partial charge in [-0.3, -0.25) is 4.79 Å². The highest BCUT2D eigenvalue weighted by Crippen LogP contribution is 2.23. The van der Waals surface area contributed by atoms with Gasteiger partial charge >= 0.3 is 5.97 Å². The van der Waals surface area contributed by atoms with E-state index in [1.165, 1.54) is 0 Å². The van der Waals surface area contributed by atoms with Crippen molar-refractivity contribution < 1.29 is 24.9 Å². The summed E-state index contributed by atoms with van der Waals surface area (Å²) in [5, 5.41) is 30.4. The number of rotatable bonds is 8. The largest absolute Gasteiger partial charge is 0.457 e. The van der Waals surface area contributed by atoms with Gasteiger partial charge in [0.1, 0.15) is 6.10 Å². The van der Waals surface area contributed by atoms with Crippen molar-refractivity contribution in [2.24, 2.45) is 23.7 Å². The maximum Gasteiger partial charge on any atom is 0.309 e. The molecule has 5 nitrogen and oxygen atoms in total. The van der Waals surface area contributed by atoms with Crippen molar-refractivity contribution in [1.29, 1.82) is 0 Å². The van der Waals surface area contributed by atoms with Crippen LogP contribution in [0.3, 0.4) is 0 Å². The smallest absolute Gasteiger partial charge is 0.309 e. The number of allylic oxidation sites excluding steroid dienone is 4. The summed E-state index contributed by atoms with van der Waals surface area (Å²) in [5.74, 6) is -0.0118. The lowest BCUT2D eigenvalue weighted by molar-refractivity contribution is -0.151. The molecule has 0 aromatic carbocycles. The Morgan fingerprint density at radius 2 is 1.88 bits per heavy atom. The SMILES string of the molecule is CCC(O)C(C)/C=C/CC(C)/C=C/C=C(\C)C1OC(=O)CC(O)CCC(C)C(O)/C=C/C1C. The van der Waals surface area contributed by atoms with Crippen LogP contribution in [0.1, 0.15) is 73.6 Å². The molecule has 0 amide bonds. The second-order valence-electron chi connectivity index (χ2n) is 9.83. The molecule has 0 saturated heterocycles. The maximum absolute atomic E-state index is 12.4. The minimum Gasteiger partial charge on any atom is -0.457 e. The van der Waals surface area contributed by atoms with Crippen molar-refractivity contribution >= 4 is 5.97 Å². The molecule has 0 aliphatic carbocycles. The Morgan fingerprint density at radius 1 is 1.18 bits per heavy atom. The zero-order valence-electron chi connectivity index (χ0n) is 21.4. The molecule has 8 unspecified atom stereocenters. The number of carbonyl (C=O) groups excluding carboxylic acids is 1. The zero-order valence-corrected chi connectivity index (χ0v) is 21.4. The van der Waals surface area contributed by atoms with Crippen LogP contribution in [-0.4, -0.2) is 45.7 Å². The number of carbonyl (C=O) groups is 1. The van der Waals surface area contributed by atoms with Crippen LogP contribution >= 0.6 is 0 Å². The van der Waals surface area contributed by atoms with Crippen molar-refractivity contribution in [3.05, 3.63) is 48.1 Å². The molecule has 0 aromatic heterocycles. The zero-order chi connectivity index (χ0) is 25.0. The number of aliphatic hydroxyl groups excluding tert-OH is 3. The van der Waals surface area contributed by atoms with Gasteiger partial charge in [0.25, 0.3) is 0 Å². The fourth-order valence-electron chi connectivity index (χ4n) is 3.88. The van der Waals surface area contributed by atoms with E-state index in [1.54, 1.807) is 6.08 Å². The van der Waals surface area contributed by atoms with Gasteiger partial charge in [0.2, 0.25) is 0 Å². The lowest BCUT2D eigenvalue weighted by Crippen LogP contribution is -2.29. The number of hydrogen-bond acceptors (Lipinski definition) is 5. The Bertz CT molecular complexity index is 692. The minimum absolute atomic E-state index is 0.0142. The van der Waals surface area contributed by atoms with Gasteiger partial charge in [-0.15, -0.1) is 0 Å². The standard InChI is InChI=1S/C28H46O5/c1-7-25(30)20(3)12-8-10-19(2)11-9-13-22(5)28-23(6)15-17-26(31)21(4)14-16-24(29)18-27(32)33-28/h8-9,11-13,15,17,19-21,23-26,28-31H,7,10,14,16,18H2,1-6H3/b11-9+,12-8+,17-15+,22-13+. The van der Waals surface area contributed by atoms with Gasteiger partial charge in [-0.1, -0.05) is 77.2 Å². The van der Waals surface area contributed by atoms with Crippen LogP contribution < -0.4 is 0 Å². The lowest BCUT2D eigenvalue weighted by Gasteiger charge is -2.25. The van der Waals surface area contributed by atoms with E-state index in [9.17, 15) is 20.1 Å². The van der Waals surface area contributed by atoms with Crippen LogP contribution in [-0.2, 0) is 9.53 Å². The average Bonchev–Trinajstić information content (AvgIpc) is 2.77. The van der Waals surface area contributed by atoms with Gasteiger partial charge in [0.05, 0.1) is 24.7 Å². The van der Waals surface area contributed by atoms with Gasteiger partial charge in [-0.05, 0) is 55.9 Å². The minimum atomic E-state index is -0.759. The van der Waals surface area contributed by atoms with Crippen molar-refractivity contribution in [2.75, 3.05) is 0 Å². The first-order valence-electron chi connectivity index (χ1n) is 12.5. The van der Waals surface area contributed by atoms with Crippen LogP contribution in [0, 0.1) is 23.7 Å². The van der Waals surface area contributed by atoms with Gasteiger partial charge < -0.3 is 20.1 Å². The summed E-state index contributed by atoms with van der Waals surface area (Å²) in [6, 6.07) is 0. The fraction of sp³-hybridized carbons (Fsp3) is 0.679. The number of esters is 1. The molecule has 1 aliphatic rings. The molecule has 0 fully saturated rings. The highest BCUT2D eigenvalue weighted by molar-refractivity contribution is 5.70. The molecular weight excluding hydrogens is 416 g/mol. The molecule has 0 aromatic rings. The lowest BCUT2D eigenvalue weighted by atomic mass is 9.92. The Hall–Kier alpha value is -1.69. The van der Waals surface area contributed by atoms with E-state index >= 15 is 0 Å². The fourth-order valence-corrected chi connectivity index (χ4v) is 3.88. The van der Waals surface area contributed by atoms with Crippen molar-refractivity contribution in [3.63, 3.8) is 0 Å². The molecule has 188 valence electrons. The summed E-state index contributed by atoms with van der Waals surface area (Å²) in [6.45, 7) is 12.0. The summed E-state index contributed by atoms with van der Waals surface area (Å²) in [4.78, 5) is 12.4. The molecule has 0 bridgehead atoms. The van der Waals surface area contributed by atoms with Crippen molar-refractivity contribution in [2.45, 2.75) is 98.1 Å². The van der Waals surface area contributed by atoms with Gasteiger partial charge in [0.15, 0.2) is 0 Å². The second kappa shape index (κ2) is 15.3. The Labute approximate surface area is 200 Å². The van der Waals surface area contributed by atoms with Gasteiger partial charge in [0, 0.05) is 5.92 Å². The van der Waals surface area contributed by atoms with E-state index < -0.39 is 24.3 Å². The predicted molar refractivity (Wildman–Crippen MR) is 134 cm³/mol. The highest BCUT2D eigenvalue weighted by Gasteiger charge is 2.25. The predicted octanol–water partition coefficient (Wildman–Crippen LogP) is 5.12. The molecule has 1 aliphatic heterocycles. The number of ether oxygens (including phenoxy) is 1. The van der Waals surface area contributed by atoms with E-state index in [4.69, 9.17) is 4.74 Å². The van der Waals surface area contributed by atoms with E-state index in [0.717, 1.165) is 18.4 Å². The summed E-state index contributed by atoms with van der Waals surface area (Å²) in [6.07, 6.45) is 14.6. The topological polar surface area (TPSA) is 87.0 Å². The van der Waals surface area contributed by atoms with E-state index in [-0.39, 0.29) is 30.3 Å². The molecule has 0 spiro atoms. The average molecular weight is 463 g/mol. The monoisotopic (exact) mass is 462 g/mol. The van der Waals surface area contributed by atoms with Crippen molar-refractivity contribution in [3.8, 4) is 0 Å². The third-order valence-electron chi connectivity index (χ3n) is 6.51. The summed E-state index contributed by atoms with van der Waals surface area (Å²) >= 11 is 0. The Balaban J connectivity index is 2.85. The van der Waals surface area contributed by atoms with Crippen LogP contribution in [0.5, 0.6) is 0 Å². The summed E-state index contributed by atoms with van der Waals surface area (Å²) < 4.78 is 5.74. The molecule has 1 heterocycles. The summed E-state index contributed by atoms with van der Waals surface area (Å²) in [7, 11) is 0. The normalized spacial score (nSPS) is 32.1. The van der Waals surface area contributed by atoms with Crippen LogP contribution in [0.15, 0.2) is 48.1 Å². The Kier molecular flexibility index (Phi) is 13.6. The van der Waals surface area contributed by atoms with E-state index in [2.05, 4.69) is 25.2 Å². The first-order valence-corrected chi connectivity index (χ1v) is 12.5. The molecule has 3 N–H and O–H groups in total. The third kappa shape index (κ3) is 11.3. The quantitative estimate of drug-likeness (QED) is 0.265. The first kappa shape index (κ1) is 29.3. The molecule has 5 heteroatoms. The van der Waals surface area contributed by atoms with E-state index in [0.29, 0.717) is 18.8 Å². The van der Waals surface area contributed by atoms with Gasteiger partial charge in [-0.2, -0.15) is 0 Å². The molecule has 8 atom stereocenters. The molecule has 0 saturated carbocycles. The van der Waals surface area contributed by atoms with Crippen LogP contribution in [0.2, 0.25) is 0 Å². The highest BCUT2D eigenvalue weighted by atomic mass is 16.5. The van der Waals surface area contributed by atoms with Crippen molar-refractivity contribution in [1.82, 2.24) is 0 Å². The third-order valence-corrected chi connectivity index (χ3v) is 6.51. The summed E-state index contributed by atoms with van der Waals surface area (Å²) in [5.41, 5.74) is 0.910. The van der Waals surface area contributed by atoms with Gasteiger partial charge in [-0.25, -0.2) is 0 Å². The number of hydrogen-bond donors (Lipinski definition) is 3. The van der Waals surface area contributed by atoms with E-state index in [1.807, 2.05) is 52.8 Å². The molecule has 0 radical (unpaired) electrons. The van der Waals surface area contributed by atoms with Crippen LogP contribution in [0.4, 0.5) is 0 Å². The first-order chi connectivity index (χ1) is 15.5. The molecule has 33 heavy (non-hydrogen) atoms. The Morgan fingerprint density at radius 3 is 2.55 bits per heavy atom. The maximum atomic E-state index is 12.4. The number of aliphatic hydroxyl groups is 3.